The molecular weight excluding hydrogens is 638 g/mol. The summed E-state index contributed by atoms with van der Waals surface area (Å²) in [5.74, 6) is -1.90. The summed E-state index contributed by atoms with van der Waals surface area (Å²) in [6, 6.07) is 8.75. The van der Waals surface area contributed by atoms with Gasteiger partial charge in [-0.05, 0) is 5.56 Å². The van der Waals surface area contributed by atoms with Crippen molar-refractivity contribution >= 4 is 49.2 Å². The van der Waals surface area contributed by atoms with E-state index in [0.29, 0.717) is 5.56 Å². The van der Waals surface area contributed by atoms with Gasteiger partial charge in [0, 0.05) is 12.8 Å². The number of nitrogens with zero attached hydrogens (tertiary/aromatic N) is 3. The summed E-state index contributed by atoms with van der Waals surface area (Å²) in [4.78, 5) is 48.4. The van der Waals surface area contributed by atoms with Crippen molar-refractivity contribution in [3.63, 3.8) is 0 Å². The van der Waals surface area contributed by atoms with Crippen molar-refractivity contribution in [2.45, 2.75) is 51.4 Å². The number of aromatic amines is 1. The lowest BCUT2D eigenvalue weighted by Gasteiger charge is -2.33. The SMILES string of the molecule is CC(=O)O[C@H]1[C@@H](OCc2ccccc2)C(COS(C)(=O)=O)(COS(C)(=O)=O)O[C@@H]1n1cnc2c(=O)[nH]c(NC(=O)C(C)C)nc21. The van der Waals surface area contributed by atoms with E-state index in [4.69, 9.17) is 22.6 Å². The third-order valence-corrected chi connectivity index (χ3v) is 7.63. The van der Waals surface area contributed by atoms with Crippen LogP contribution in [-0.2, 0) is 59.0 Å². The van der Waals surface area contributed by atoms with Gasteiger partial charge in [0.2, 0.25) is 11.9 Å². The molecule has 1 aromatic carbocycles. The Morgan fingerprint density at radius 2 is 1.71 bits per heavy atom. The van der Waals surface area contributed by atoms with Gasteiger partial charge in [0.25, 0.3) is 25.8 Å². The van der Waals surface area contributed by atoms with Gasteiger partial charge >= 0.3 is 5.97 Å². The van der Waals surface area contributed by atoms with Crippen LogP contribution in [0.1, 0.15) is 32.6 Å². The number of benzene rings is 1. The first-order chi connectivity index (χ1) is 21.0. The summed E-state index contributed by atoms with van der Waals surface area (Å²) < 4.78 is 78.0. The highest BCUT2D eigenvalue weighted by Crippen LogP contribution is 2.43. The number of nitrogens with one attached hydrogen (secondary N) is 2. The average molecular weight is 672 g/mol. The molecule has 3 aromatic rings. The third-order valence-electron chi connectivity index (χ3n) is 6.53. The fourth-order valence-electron chi connectivity index (χ4n) is 4.48. The van der Waals surface area contributed by atoms with Crippen molar-refractivity contribution in [3.05, 3.63) is 52.6 Å². The molecular formula is C26H33N5O12S2. The van der Waals surface area contributed by atoms with Gasteiger partial charge in [0.15, 0.2) is 29.1 Å². The summed E-state index contributed by atoms with van der Waals surface area (Å²) in [5.41, 5.74) is -2.40. The normalized spacial score (nSPS) is 20.0. The molecule has 3 heterocycles. The van der Waals surface area contributed by atoms with Crippen LogP contribution in [0.2, 0.25) is 0 Å². The minimum atomic E-state index is -4.14. The standard InChI is InChI=1S/C26H33N5O12S2/c1-15(2)22(33)29-25-28-21-18(23(34)30-25)27-14-31(21)24-19(42-16(3)32)20(39-11-17-9-7-6-8-10-17)26(43-24,12-40-44(4,35)36)13-41-45(5,37)38/h6-10,14-15,19-20,24H,11-13H2,1-5H3,(H2,28,29,30,33,34)/t19-,20+,24-/m0/s1. The lowest BCUT2D eigenvalue weighted by molar-refractivity contribution is -0.159. The molecule has 0 spiro atoms. The van der Waals surface area contributed by atoms with E-state index in [2.05, 4.69) is 20.3 Å². The lowest BCUT2D eigenvalue weighted by atomic mass is 9.96. The van der Waals surface area contributed by atoms with Crippen LogP contribution in [0, 0.1) is 5.92 Å². The molecule has 1 aliphatic rings. The lowest BCUT2D eigenvalue weighted by Crippen LogP contribution is -2.53. The first-order valence-electron chi connectivity index (χ1n) is 13.4. The van der Waals surface area contributed by atoms with Gasteiger partial charge in [0.05, 0.1) is 25.4 Å². The number of amides is 1. The van der Waals surface area contributed by atoms with Crippen LogP contribution in [0.3, 0.4) is 0 Å². The van der Waals surface area contributed by atoms with E-state index in [0.717, 1.165) is 25.8 Å². The number of carbonyl (C=O) groups is 2. The van der Waals surface area contributed by atoms with Crippen molar-refractivity contribution in [1.29, 1.82) is 0 Å². The van der Waals surface area contributed by atoms with E-state index in [9.17, 15) is 31.2 Å². The van der Waals surface area contributed by atoms with Crippen LogP contribution in [0.5, 0.6) is 0 Å². The Bertz CT molecular complexity index is 1790. The number of rotatable bonds is 13. The van der Waals surface area contributed by atoms with Gasteiger partial charge in [-0.2, -0.15) is 21.8 Å². The largest absolute Gasteiger partial charge is 0.455 e. The van der Waals surface area contributed by atoms with Gasteiger partial charge < -0.3 is 14.2 Å². The molecule has 0 unspecified atom stereocenters. The fourth-order valence-corrected chi connectivity index (χ4v) is 5.30. The van der Waals surface area contributed by atoms with Crippen LogP contribution in [0.25, 0.3) is 11.2 Å². The van der Waals surface area contributed by atoms with Gasteiger partial charge in [-0.3, -0.25) is 37.6 Å². The van der Waals surface area contributed by atoms with Crippen LogP contribution >= 0.6 is 0 Å². The molecule has 2 aromatic heterocycles. The number of carbonyl (C=O) groups excluding carboxylic acids is 2. The van der Waals surface area contributed by atoms with Gasteiger partial charge in [-0.25, -0.2) is 4.98 Å². The van der Waals surface area contributed by atoms with Crippen LogP contribution in [0.15, 0.2) is 41.5 Å². The summed E-state index contributed by atoms with van der Waals surface area (Å²) in [6.45, 7) is 2.61. The zero-order valence-electron chi connectivity index (χ0n) is 25.0. The number of anilines is 1. The maximum absolute atomic E-state index is 12.9. The number of imidazole rings is 1. The highest BCUT2D eigenvalue weighted by atomic mass is 32.2. The first kappa shape index (κ1) is 34.1. The monoisotopic (exact) mass is 671 g/mol. The van der Waals surface area contributed by atoms with Crippen molar-refractivity contribution in [2.24, 2.45) is 5.92 Å². The smallest absolute Gasteiger partial charge is 0.303 e. The van der Waals surface area contributed by atoms with Crippen LogP contribution in [-0.4, -0.2) is 91.8 Å². The predicted octanol–water partition coefficient (Wildman–Crippen LogP) is 0.451. The van der Waals surface area contributed by atoms with Crippen molar-refractivity contribution < 1.29 is 49.0 Å². The number of hydrogen-bond donors (Lipinski definition) is 2. The Kier molecular flexibility index (Phi) is 10.1. The van der Waals surface area contributed by atoms with E-state index in [1.165, 1.54) is 4.57 Å². The number of H-pyrrole nitrogens is 1. The van der Waals surface area contributed by atoms with E-state index < -0.39 is 80.8 Å². The molecule has 0 radical (unpaired) electrons. The van der Waals surface area contributed by atoms with Gasteiger partial charge in [0.1, 0.15) is 19.3 Å². The maximum Gasteiger partial charge on any atom is 0.303 e. The van der Waals surface area contributed by atoms with Crippen molar-refractivity contribution in [3.8, 4) is 0 Å². The Balaban J connectivity index is 1.88. The molecule has 1 saturated heterocycles. The molecule has 1 fully saturated rings. The minimum Gasteiger partial charge on any atom is -0.455 e. The molecule has 3 atom stereocenters. The highest BCUT2D eigenvalue weighted by molar-refractivity contribution is 7.86. The van der Waals surface area contributed by atoms with Crippen molar-refractivity contribution in [1.82, 2.24) is 19.5 Å². The Morgan fingerprint density at radius 3 is 2.27 bits per heavy atom. The number of esters is 1. The molecule has 4 rings (SSSR count). The second kappa shape index (κ2) is 13.3. The third kappa shape index (κ3) is 8.50. The maximum atomic E-state index is 12.9. The summed E-state index contributed by atoms with van der Waals surface area (Å²) >= 11 is 0. The molecule has 2 N–H and O–H groups in total. The quantitative estimate of drug-likeness (QED) is 0.186. The second-order valence-corrected chi connectivity index (χ2v) is 14.0. The molecule has 45 heavy (non-hydrogen) atoms. The average Bonchev–Trinajstić information content (AvgIpc) is 3.48. The summed E-state index contributed by atoms with van der Waals surface area (Å²) in [6.07, 6.45) is -1.59. The molecule has 17 nitrogen and oxygen atoms in total. The van der Waals surface area contributed by atoms with E-state index in [1.54, 1.807) is 44.2 Å². The number of aromatic nitrogens is 4. The van der Waals surface area contributed by atoms with Crippen molar-refractivity contribution in [2.75, 3.05) is 31.0 Å². The number of fused-ring (bicyclic) bond motifs is 1. The predicted molar refractivity (Wildman–Crippen MR) is 157 cm³/mol. The van der Waals surface area contributed by atoms with Gasteiger partial charge in [-0.1, -0.05) is 44.2 Å². The molecule has 1 aliphatic heterocycles. The fraction of sp³-hybridized carbons (Fsp3) is 0.500. The summed E-state index contributed by atoms with van der Waals surface area (Å²) in [7, 11) is -8.27. The van der Waals surface area contributed by atoms with Gasteiger partial charge in [-0.15, -0.1) is 0 Å². The van der Waals surface area contributed by atoms with E-state index >= 15 is 0 Å². The number of ether oxygens (including phenoxy) is 3. The Labute approximate surface area is 258 Å². The number of hydrogen-bond acceptors (Lipinski definition) is 14. The molecule has 1 amide bonds. The van der Waals surface area contributed by atoms with Crippen LogP contribution in [0.4, 0.5) is 5.95 Å². The Morgan fingerprint density at radius 1 is 1.09 bits per heavy atom. The molecule has 0 bridgehead atoms. The van der Waals surface area contributed by atoms with E-state index in [-0.39, 0.29) is 23.7 Å². The minimum absolute atomic E-state index is 0.118. The summed E-state index contributed by atoms with van der Waals surface area (Å²) in [5, 5.41) is 2.49. The second-order valence-electron chi connectivity index (χ2n) is 10.7. The molecule has 0 saturated carbocycles. The zero-order valence-corrected chi connectivity index (χ0v) is 26.6. The highest BCUT2D eigenvalue weighted by Gasteiger charge is 2.60. The zero-order chi connectivity index (χ0) is 33.2. The van der Waals surface area contributed by atoms with E-state index in [1.807, 2.05) is 0 Å². The topological polar surface area (TPSA) is 224 Å². The Hall–Kier alpha value is -3.75. The molecule has 0 aliphatic carbocycles. The van der Waals surface area contributed by atoms with Crippen LogP contribution < -0.4 is 10.9 Å². The molecule has 246 valence electrons. The molecule has 19 heteroatoms. The first-order valence-corrected chi connectivity index (χ1v) is 17.1.